The number of nitrogens with zero attached hydrogens (tertiary/aromatic N) is 3. The molecule has 3 aliphatic heterocycles. The van der Waals surface area contributed by atoms with E-state index in [2.05, 4.69) is 51.9 Å². The summed E-state index contributed by atoms with van der Waals surface area (Å²) in [5.41, 5.74) is 0.182. The van der Waals surface area contributed by atoms with Crippen LogP contribution in [0.3, 0.4) is 0 Å². The number of hydrogen-bond acceptors (Lipinski definition) is 5. The number of halogens is 1. The molecule has 8 heteroatoms. The number of hydrogen-bond donors (Lipinski definition) is 2. The van der Waals surface area contributed by atoms with Crippen LogP contribution in [0.2, 0.25) is 0 Å². The largest absolute Gasteiger partial charge is 0.381 e. The average Bonchev–Trinajstić information content (AvgIpc) is 3.51. The predicted octanol–water partition coefficient (Wildman–Crippen LogP) is 3.95. The number of piperidine rings is 1. The summed E-state index contributed by atoms with van der Waals surface area (Å²) in [7, 11) is 2.28. The highest BCUT2D eigenvalue weighted by atomic mass is 127. The van der Waals surface area contributed by atoms with Crippen molar-refractivity contribution < 1.29 is 4.74 Å². The Morgan fingerprint density at radius 1 is 1.19 bits per heavy atom. The van der Waals surface area contributed by atoms with Crippen LogP contribution >= 0.6 is 35.3 Å². The normalized spacial score (nSPS) is 27.1. The summed E-state index contributed by atoms with van der Waals surface area (Å²) in [5.74, 6) is 1.59. The number of aliphatic imine (C=N–C) groups is 1. The quantitative estimate of drug-likeness (QED) is 0.293. The summed E-state index contributed by atoms with van der Waals surface area (Å²) in [6, 6.07) is 4.99. The van der Waals surface area contributed by atoms with Crippen molar-refractivity contribution in [3.63, 3.8) is 0 Å². The van der Waals surface area contributed by atoms with Crippen molar-refractivity contribution in [2.45, 2.75) is 57.0 Å². The van der Waals surface area contributed by atoms with Crippen molar-refractivity contribution in [1.82, 2.24) is 20.4 Å². The zero-order chi connectivity index (χ0) is 21.5. The number of ether oxygens (including phenoxy) is 1. The molecule has 2 N–H and O–H groups in total. The second kappa shape index (κ2) is 12.9. The maximum absolute atomic E-state index is 5.71. The van der Waals surface area contributed by atoms with E-state index < -0.39 is 0 Å². The Labute approximate surface area is 215 Å². The molecular weight excluding hydrogens is 533 g/mol. The maximum Gasteiger partial charge on any atom is 0.191 e. The monoisotopic (exact) mass is 575 g/mol. The molecule has 2 atom stereocenters. The lowest BCUT2D eigenvalue weighted by Gasteiger charge is -2.43. The van der Waals surface area contributed by atoms with Gasteiger partial charge in [0.15, 0.2) is 5.96 Å². The summed E-state index contributed by atoms with van der Waals surface area (Å²) in [5, 5.41) is 9.43. The van der Waals surface area contributed by atoms with Gasteiger partial charge in [-0.25, -0.2) is 0 Å². The Kier molecular flexibility index (Phi) is 10.5. The molecule has 3 fully saturated rings. The summed E-state index contributed by atoms with van der Waals surface area (Å²) < 4.78 is 5.71. The third kappa shape index (κ3) is 6.37. The van der Waals surface area contributed by atoms with E-state index in [0.717, 1.165) is 51.6 Å². The second-order valence-electron chi connectivity index (χ2n) is 9.45. The SMILES string of the molecule is CCNC(=NCC1(N2CCCC2)CCOCC1)NCC1CCCN(C)C1c1cccs1.I. The molecule has 3 aliphatic rings. The zero-order valence-electron chi connectivity index (χ0n) is 19.9. The van der Waals surface area contributed by atoms with Crippen molar-refractivity contribution in [2.75, 3.05) is 59.5 Å². The number of guanidine groups is 1. The Hall–Kier alpha value is -0.420. The molecule has 1 aromatic rings. The van der Waals surface area contributed by atoms with Crippen LogP contribution in [0.15, 0.2) is 22.5 Å². The number of rotatable bonds is 7. The van der Waals surface area contributed by atoms with Gasteiger partial charge in [0, 0.05) is 42.8 Å². The summed E-state index contributed by atoms with van der Waals surface area (Å²) in [4.78, 5) is 11.9. The van der Waals surface area contributed by atoms with Crippen LogP contribution in [0.1, 0.15) is 56.4 Å². The molecule has 0 aromatic carbocycles. The molecule has 4 rings (SSSR count). The van der Waals surface area contributed by atoms with E-state index in [1.807, 2.05) is 11.3 Å². The third-order valence-electron chi connectivity index (χ3n) is 7.45. The summed E-state index contributed by atoms with van der Waals surface area (Å²) >= 11 is 1.89. The Balaban J connectivity index is 0.00000289. The van der Waals surface area contributed by atoms with Gasteiger partial charge < -0.3 is 15.4 Å². The van der Waals surface area contributed by atoms with Gasteiger partial charge in [-0.2, -0.15) is 0 Å². The van der Waals surface area contributed by atoms with Crippen LogP contribution in [-0.2, 0) is 4.74 Å². The van der Waals surface area contributed by atoms with Gasteiger partial charge in [-0.3, -0.25) is 14.8 Å². The van der Waals surface area contributed by atoms with Crippen molar-refractivity contribution in [2.24, 2.45) is 10.9 Å². The van der Waals surface area contributed by atoms with Crippen molar-refractivity contribution >= 4 is 41.3 Å². The van der Waals surface area contributed by atoms with Gasteiger partial charge in [0.05, 0.1) is 6.54 Å². The second-order valence-corrected chi connectivity index (χ2v) is 10.4. The van der Waals surface area contributed by atoms with E-state index in [9.17, 15) is 0 Å². The number of likely N-dealkylation sites (tertiary alicyclic amines) is 2. The molecule has 0 radical (unpaired) electrons. The highest BCUT2D eigenvalue weighted by molar-refractivity contribution is 14.0. The summed E-state index contributed by atoms with van der Waals surface area (Å²) in [6.45, 7) is 10.2. The Morgan fingerprint density at radius 3 is 2.66 bits per heavy atom. The van der Waals surface area contributed by atoms with Crippen LogP contribution in [0, 0.1) is 5.92 Å². The Morgan fingerprint density at radius 2 is 1.97 bits per heavy atom. The van der Waals surface area contributed by atoms with E-state index >= 15 is 0 Å². The third-order valence-corrected chi connectivity index (χ3v) is 8.39. The number of thiophene rings is 1. The van der Waals surface area contributed by atoms with E-state index in [0.29, 0.717) is 12.0 Å². The van der Waals surface area contributed by atoms with Gasteiger partial charge in [0.2, 0.25) is 0 Å². The minimum Gasteiger partial charge on any atom is -0.381 e. The fourth-order valence-electron chi connectivity index (χ4n) is 5.70. The average molecular weight is 576 g/mol. The number of nitrogens with one attached hydrogen (secondary N) is 2. The molecule has 3 saturated heterocycles. The lowest BCUT2D eigenvalue weighted by atomic mass is 9.88. The topological polar surface area (TPSA) is 52.1 Å². The van der Waals surface area contributed by atoms with Crippen LogP contribution in [-0.4, -0.2) is 80.8 Å². The minimum absolute atomic E-state index is 0. The van der Waals surface area contributed by atoms with Gasteiger partial charge in [0.1, 0.15) is 0 Å². The lowest BCUT2D eigenvalue weighted by Crippen LogP contribution is -2.54. The van der Waals surface area contributed by atoms with Gasteiger partial charge in [0.25, 0.3) is 0 Å². The van der Waals surface area contributed by atoms with Crippen molar-refractivity contribution in [3.05, 3.63) is 22.4 Å². The van der Waals surface area contributed by atoms with Gasteiger partial charge in [-0.1, -0.05) is 6.07 Å². The molecule has 32 heavy (non-hydrogen) atoms. The zero-order valence-corrected chi connectivity index (χ0v) is 23.0. The molecule has 1 aromatic heterocycles. The fraction of sp³-hybridized carbons (Fsp3) is 0.792. The molecule has 4 heterocycles. The molecule has 6 nitrogen and oxygen atoms in total. The van der Waals surface area contributed by atoms with Crippen LogP contribution in [0.5, 0.6) is 0 Å². The molecular formula is C24H42IN5OS. The fourth-order valence-corrected chi connectivity index (χ4v) is 6.68. The summed E-state index contributed by atoms with van der Waals surface area (Å²) in [6.07, 6.45) is 7.40. The molecule has 0 amide bonds. The van der Waals surface area contributed by atoms with Gasteiger partial charge in [-0.15, -0.1) is 35.3 Å². The smallest absolute Gasteiger partial charge is 0.191 e. The van der Waals surface area contributed by atoms with Gasteiger partial charge >= 0.3 is 0 Å². The lowest BCUT2D eigenvalue weighted by molar-refractivity contribution is -0.0139. The van der Waals surface area contributed by atoms with Crippen LogP contribution in [0.4, 0.5) is 0 Å². The first-order chi connectivity index (χ1) is 15.2. The van der Waals surface area contributed by atoms with Crippen LogP contribution < -0.4 is 10.6 Å². The van der Waals surface area contributed by atoms with E-state index in [1.54, 1.807) is 0 Å². The first-order valence-corrected chi connectivity index (χ1v) is 13.2. The van der Waals surface area contributed by atoms with E-state index in [4.69, 9.17) is 9.73 Å². The molecule has 182 valence electrons. The standard InChI is InChI=1S/C24H41N5OS.HI/c1-3-25-23(27-19-24(10-15-30-16-11-24)29-13-4-5-14-29)26-18-20-8-6-12-28(2)22(20)21-9-7-17-31-21;/h7,9,17,20,22H,3-6,8,10-16,18-19H2,1-2H3,(H2,25,26,27);1H. The molecule has 0 aliphatic carbocycles. The Bertz CT molecular complexity index is 689. The highest BCUT2D eigenvalue weighted by Crippen LogP contribution is 2.37. The minimum atomic E-state index is 0. The molecule has 2 unspecified atom stereocenters. The first kappa shape index (κ1) is 26.2. The van der Waals surface area contributed by atoms with Crippen molar-refractivity contribution in [1.29, 1.82) is 0 Å². The van der Waals surface area contributed by atoms with E-state index in [1.165, 1.54) is 50.2 Å². The predicted molar refractivity (Wildman–Crippen MR) is 145 cm³/mol. The first-order valence-electron chi connectivity index (χ1n) is 12.3. The van der Waals surface area contributed by atoms with Crippen LogP contribution in [0.25, 0.3) is 0 Å². The molecule has 0 spiro atoms. The van der Waals surface area contributed by atoms with Gasteiger partial charge in [-0.05, 0) is 89.5 Å². The van der Waals surface area contributed by atoms with Crippen molar-refractivity contribution in [3.8, 4) is 0 Å². The molecule has 0 saturated carbocycles. The maximum atomic E-state index is 5.71. The molecule has 0 bridgehead atoms. The van der Waals surface area contributed by atoms with E-state index in [-0.39, 0.29) is 29.5 Å². The highest BCUT2D eigenvalue weighted by Gasteiger charge is 2.39.